The fourth-order valence-corrected chi connectivity index (χ4v) is 3.67. The number of nitrogens with two attached hydrogens (primary N) is 1. The normalized spacial score (nSPS) is 18.7. The first-order valence-electron chi connectivity index (χ1n) is 8.58. The summed E-state index contributed by atoms with van der Waals surface area (Å²) in [5.41, 5.74) is 8.74. The van der Waals surface area contributed by atoms with Crippen LogP contribution in [0.15, 0.2) is 18.2 Å². The molecule has 0 bridgehead atoms. The minimum absolute atomic E-state index is 0.192. The average molecular weight is 289 g/mol. The molecule has 21 heavy (non-hydrogen) atoms. The highest BCUT2D eigenvalue weighted by Gasteiger charge is 2.35. The minimum Gasteiger partial charge on any atom is -0.329 e. The molecule has 0 aliphatic heterocycles. The van der Waals surface area contributed by atoms with Crippen molar-refractivity contribution >= 4 is 0 Å². The zero-order valence-electron chi connectivity index (χ0n) is 13.8. The van der Waals surface area contributed by atoms with Crippen molar-refractivity contribution in [3.63, 3.8) is 0 Å². The molecule has 3 nitrogen and oxygen atoms in total. The monoisotopic (exact) mass is 289 g/mol. The Morgan fingerprint density at radius 1 is 1.19 bits per heavy atom. The molecule has 1 aromatic rings. The molecule has 1 fully saturated rings. The number of aryl methyl sites for hydroxylation is 1. The van der Waals surface area contributed by atoms with Crippen molar-refractivity contribution in [3.05, 3.63) is 29.6 Å². The second-order valence-corrected chi connectivity index (χ2v) is 6.53. The van der Waals surface area contributed by atoms with Gasteiger partial charge in [-0.25, -0.2) is 0 Å². The molecule has 1 aliphatic rings. The van der Waals surface area contributed by atoms with E-state index >= 15 is 0 Å². The summed E-state index contributed by atoms with van der Waals surface area (Å²) in [6.07, 6.45) is 9.03. The second kappa shape index (κ2) is 7.90. The van der Waals surface area contributed by atoms with Crippen molar-refractivity contribution in [2.24, 2.45) is 5.73 Å². The van der Waals surface area contributed by atoms with E-state index in [1.165, 1.54) is 50.6 Å². The van der Waals surface area contributed by atoms with Gasteiger partial charge in [0.2, 0.25) is 0 Å². The van der Waals surface area contributed by atoms with Gasteiger partial charge >= 0.3 is 0 Å². The summed E-state index contributed by atoms with van der Waals surface area (Å²) in [6, 6.07) is 6.33. The maximum Gasteiger partial charge on any atom is 0.0547 e. The summed E-state index contributed by atoms with van der Waals surface area (Å²) in [7, 11) is 0. The quantitative estimate of drug-likeness (QED) is 0.813. The largest absolute Gasteiger partial charge is 0.329 e. The maximum atomic E-state index is 6.26. The number of rotatable bonds is 6. The van der Waals surface area contributed by atoms with Crippen molar-refractivity contribution in [2.45, 2.75) is 70.9 Å². The smallest absolute Gasteiger partial charge is 0.0547 e. The van der Waals surface area contributed by atoms with E-state index in [0.29, 0.717) is 0 Å². The lowest BCUT2D eigenvalue weighted by Gasteiger charge is -2.43. The molecule has 0 aromatic carbocycles. The highest BCUT2D eigenvalue weighted by Crippen LogP contribution is 2.33. The van der Waals surface area contributed by atoms with E-state index in [1.807, 2.05) is 0 Å². The standard InChI is InChI=1S/C18H31N3/c1-3-13-21(14-17-10-8-9-16(2)20-17)18(15-19)11-6-4-5-7-12-18/h8-10H,3-7,11-15,19H2,1-2H3. The molecule has 1 heterocycles. The van der Waals surface area contributed by atoms with E-state index in [4.69, 9.17) is 10.7 Å². The number of aromatic nitrogens is 1. The van der Waals surface area contributed by atoms with Gasteiger partial charge in [-0.3, -0.25) is 9.88 Å². The molecule has 0 saturated heterocycles. The van der Waals surface area contributed by atoms with Gasteiger partial charge in [0.15, 0.2) is 0 Å². The summed E-state index contributed by atoms with van der Waals surface area (Å²) in [5, 5.41) is 0. The van der Waals surface area contributed by atoms with E-state index in [1.54, 1.807) is 0 Å². The molecule has 2 N–H and O–H groups in total. The molecule has 0 atom stereocenters. The molecule has 118 valence electrons. The van der Waals surface area contributed by atoms with Crippen molar-refractivity contribution in [3.8, 4) is 0 Å². The Bertz CT molecular complexity index is 422. The highest BCUT2D eigenvalue weighted by molar-refractivity contribution is 5.10. The number of hydrogen-bond donors (Lipinski definition) is 1. The maximum absolute atomic E-state index is 6.26. The number of pyridine rings is 1. The third kappa shape index (κ3) is 4.27. The van der Waals surface area contributed by atoms with Gasteiger partial charge in [-0.05, 0) is 44.9 Å². The van der Waals surface area contributed by atoms with E-state index in [0.717, 1.165) is 25.3 Å². The van der Waals surface area contributed by atoms with Gasteiger partial charge in [0.1, 0.15) is 0 Å². The lowest BCUT2D eigenvalue weighted by Crippen LogP contribution is -2.53. The Kier molecular flexibility index (Phi) is 6.19. The second-order valence-electron chi connectivity index (χ2n) is 6.53. The van der Waals surface area contributed by atoms with Crippen LogP contribution < -0.4 is 5.73 Å². The minimum atomic E-state index is 0.192. The van der Waals surface area contributed by atoms with E-state index in [9.17, 15) is 0 Å². The van der Waals surface area contributed by atoms with Gasteiger partial charge in [0, 0.05) is 24.3 Å². The SMILES string of the molecule is CCCN(Cc1cccc(C)n1)C1(CN)CCCCCC1. The molecule has 0 spiro atoms. The summed E-state index contributed by atoms with van der Waals surface area (Å²) < 4.78 is 0. The van der Waals surface area contributed by atoms with Gasteiger partial charge < -0.3 is 5.73 Å². The average Bonchev–Trinajstić information content (AvgIpc) is 2.73. The predicted molar refractivity (Wildman–Crippen MR) is 89.2 cm³/mol. The molecule has 1 saturated carbocycles. The lowest BCUT2D eigenvalue weighted by atomic mass is 9.87. The molecule has 1 aromatic heterocycles. The molecule has 3 heteroatoms. The van der Waals surface area contributed by atoms with Crippen LogP contribution in [-0.2, 0) is 6.54 Å². The van der Waals surface area contributed by atoms with Crippen LogP contribution in [0.25, 0.3) is 0 Å². The molecular weight excluding hydrogens is 258 g/mol. The zero-order chi connectivity index (χ0) is 15.1. The third-order valence-electron chi connectivity index (χ3n) is 4.88. The summed E-state index contributed by atoms with van der Waals surface area (Å²) in [4.78, 5) is 7.32. The van der Waals surface area contributed by atoms with Crippen molar-refractivity contribution in [1.82, 2.24) is 9.88 Å². The topological polar surface area (TPSA) is 42.2 Å². The Morgan fingerprint density at radius 2 is 1.90 bits per heavy atom. The highest BCUT2D eigenvalue weighted by atomic mass is 15.2. The first-order chi connectivity index (χ1) is 10.2. The predicted octanol–water partition coefficient (Wildman–Crippen LogP) is 3.65. The number of hydrogen-bond acceptors (Lipinski definition) is 3. The molecule has 0 unspecified atom stereocenters. The van der Waals surface area contributed by atoms with E-state index in [-0.39, 0.29) is 5.54 Å². The molecule has 1 aliphatic carbocycles. The summed E-state index contributed by atoms with van der Waals surface area (Å²) >= 11 is 0. The Balaban J connectivity index is 2.18. The van der Waals surface area contributed by atoms with Crippen LogP contribution in [-0.4, -0.2) is 28.5 Å². The third-order valence-corrected chi connectivity index (χ3v) is 4.88. The molecular formula is C18H31N3. The van der Waals surface area contributed by atoms with Crippen molar-refractivity contribution < 1.29 is 0 Å². The van der Waals surface area contributed by atoms with Crippen LogP contribution in [0.1, 0.15) is 63.3 Å². The van der Waals surface area contributed by atoms with Crippen molar-refractivity contribution in [1.29, 1.82) is 0 Å². The first kappa shape index (κ1) is 16.4. The van der Waals surface area contributed by atoms with E-state index < -0.39 is 0 Å². The Morgan fingerprint density at radius 3 is 2.48 bits per heavy atom. The Hall–Kier alpha value is -0.930. The summed E-state index contributed by atoms with van der Waals surface area (Å²) in [6.45, 7) is 7.16. The van der Waals surface area contributed by atoms with Crippen molar-refractivity contribution in [2.75, 3.05) is 13.1 Å². The number of nitrogens with zero attached hydrogens (tertiary/aromatic N) is 2. The van der Waals surface area contributed by atoms with Crippen LogP contribution in [0.5, 0.6) is 0 Å². The zero-order valence-corrected chi connectivity index (χ0v) is 13.8. The van der Waals surface area contributed by atoms with Gasteiger partial charge in [0.25, 0.3) is 0 Å². The fraction of sp³-hybridized carbons (Fsp3) is 0.722. The van der Waals surface area contributed by atoms with Crippen LogP contribution in [0.4, 0.5) is 0 Å². The lowest BCUT2D eigenvalue weighted by molar-refractivity contribution is 0.0684. The van der Waals surface area contributed by atoms with Gasteiger partial charge in [-0.15, -0.1) is 0 Å². The first-order valence-corrected chi connectivity index (χ1v) is 8.58. The van der Waals surface area contributed by atoms with Crippen LogP contribution in [0.2, 0.25) is 0 Å². The molecule has 2 rings (SSSR count). The summed E-state index contributed by atoms with van der Waals surface area (Å²) in [5.74, 6) is 0. The van der Waals surface area contributed by atoms with Crippen LogP contribution in [0, 0.1) is 6.92 Å². The molecule has 0 radical (unpaired) electrons. The Labute approximate surface area is 129 Å². The fourth-order valence-electron chi connectivity index (χ4n) is 3.67. The van der Waals surface area contributed by atoms with Gasteiger partial charge in [-0.1, -0.05) is 38.7 Å². The van der Waals surface area contributed by atoms with Gasteiger partial charge in [-0.2, -0.15) is 0 Å². The molecule has 0 amide bonds. The van der Waals surface area contributed by atoms with E-state index in [2.05, 4.69) is 36.9 Å². The van der Waals surface area contributed by atoms with Crippen LogP contribution >= 0.6 is 0 Å². The van der Waals surface area contributed by atoms with Crippen LogP contribution in [0.3, 0.4) is 0 Å². The van der Waals surface area contributed by atoms with Gasteiger partial charge in [0.05, 0.1) is 5.69 Å².